The number of carbonyl (C=O) groups excluding carboxylic acids is 1. The van der Waals surface area contributed by atoms with E-state index in [-0.39, 0.29) is 17.6 Å². The highest BCUT2D eigenvalue weighted by Crippen LogP contribution is 2.23. The van der Waals surface area contributed by atoms with Crippen LogP contribution in [-0.4, -0.2) is 19.1 Å². The van der Waals surface area contributed by atoms with Gasteiger partial charge in [0.1, 0.15) is 5.75 Å². The van der Waals surface area contributed by atoms with Gasteiger partial charge in [-0.2, -0.15) is 8.78 Å². The van der Waals surface area contributed by atoms with Crippen LogP contribution in [0.15, 0.2) is 24.3 Å². The summed E-state index contributed by atoms with van der Waals surface area (Å²) in [5.74, 6) is 0.466. The highest BCUT2D eigenvalue weighted by molar-refractivity contribution is 5.78. The van der Waals surface area contributed by atoms with Crippen molar-refractivity contribution in [2.75, 3.05) is 6.54 Å². The third kappa shape index (κ3) is 5.33. The van der Waals surface area contributed by atoms with E-state index in [0.717, 1.165) is 31.2 Å². The third-order valence-corrected chi connectivity index (χ3v) is 3.84. The molecule has 116 valence electrons. The van der Waals surface area contributed by atoms with Gasteiger partial charge in [0, 0.05) is 12.5 Å². The van der Waals surface area contributed by atoms with Gasteiger partial charge in [0.2, 0.25) is 5.91 Å². The molecule has 0 radical (unpaired) electrons. The first-order chi connectivity index (χ1) is 10.1. The smallest absolute Gasteiger partial charge is 0.387 e. The van der Waals surface area contributed by atoms with Crippen LogP contribution in [0.4, 0.5) is 8.78 Å². The van der Waals surface area contributed by atoms with Crippen LogP contribution in [0.25, 0.3) is 0 Å². The van der Waals surface area contributed by atoms with Crippen molar-refractivity contribution in [2.45, 2.75) is 45.1 Å². The second-order valence-electron chi connectivity index (χ2n) is 5.40. The molecule has 1 aliphatic rings. The Morgan fingerprint density at radius 2 is 1.86 bits per heavy atom. The summed E-state index contributed by atoms with van der Waals surface area (Å²) < 4.78 is 28.3. The standard InChI is InChI=1S/C16H21F2NO2/c17-16(18)21-14-8-6-12(7-9-14)10-11-19-15(20)13-4-2-1-3-5-13/h6-9,13,16H,1-5,10-11H2,(H,19,20). The summed E-state index contributed by atoms with van der Waals surface area (Å²) in [6.07, 6.45) is 6.19. The third-order valence-electron chi connectivity index (χ3n) is 3.84. The fourth-order valence-electron chi connectivity index (χ4n) is 2.68. The number of rotatable bonds is 6. The molecular weight excluding hydrogens is 276 g/mol. The van der Waals surface area contributed by atoms with E-state index >= 15 is 0 Å². The molecule has 0 aliphatic heterocycles. The topological polar surface area (TPSA) is 38.3 Å². The molecule has 0 heterocycles. The Bertz CT molecular complexity index is 442. The Labute approximate surface area is 123 Å². The lowest BCUT2D eigenvalue weighted by Gasteiger charge is -2.20. The molecule has 0 bridgehead atoms. The Balaban J connectivity index is 1.71. The van der Waals surface area contributed by atoms with Gasteiger partial charge in [-0.15, -0.1) is 0 Å². The summed E-state index contributed by atoms with van der Waals surface area (Å²) in [5.41, 5.74) is 0.987. The van der Waals surface area contributed by atoms with E-state index in [9.17, 15) is 13.6 Å². The van der Waals surface area contributed by atoms with E-state index in [2.05, 4.69) is 10.1 Å². The summed E-state index contributed by atoms with van der Waals surface area (Å²) in [4.78, 5) is 11.9. The largest absolute Gasteiger partial charge is 0.435 e. The molecule has 0 saturated heterocycles. The average molecular weight is 297 g/mol. The molecule has 1 N–H and O–H groups in total. The van der Waals surface area contributed by atoms with Gasteiger partial charge in [-0.3, -0.25) is 4.79 Å². The number of carbonyl (C=O) groups is 1. The first kappa shape index (κ1) is 15.7. The van der Waals surface area contributed by atoms with Gasteiger partial charge in [0.05, 0.1) is 0 Å². The van der Waals surface area contributed by atoms with E-state index in [1.807, 2.05) is 0 Å². The molecule has 0 unspecified atom stereocenters. The molecule has 0 spiro atoms. The van der Waals surface area contributed by atoms with Crippen molar-refractivity contribution < 1.29 is 18.3 Å². The number of halogens is 2. The normalized spacial score (nSPS) is 16.0. The molecule has 1 saturated carbocycles. The van der Waals surface area contributed by atoms with Crippen molar-refractivity contribution in [3.05, 3.63) is 29.8 Å². The first-order valence-corrected chi connectivity index (χ1v) is 7.46. The molecule has 5 heteroatoms. The molecule has 1 aromatic rings. The lowest BCUT2D eigenvalue weighted by molar-refractivity contribution is -0.125. The summed E-state index contributed by atoms with van der Waals surface area (Å²) >= 11 is 0. The van der Waals surface area contributed by atoms with Gasteiger partial charge < -0.3 is 10.1 Å². The molecule has 0 atom stereocenters. The molecule has 1 fully saturated rings. The fourth-order valence-corrected chi connectivity index (χ4v) is 2.68. The van der Waals surface area contributed by atoms with Crippen molar-refractivity contribution >= 4 is 5.91 Å². The minimum absolute atomic E-state index is 0.146. The van der Waals surface area contributed by atoms with Crippen molar-refractivity contribution in [1.82, 2.24) is 5.32 Å². The van der Waals surface area contributed by atoms with Crippen molar-refractivity contribution in [2.24, 2.45) is 5.92 Å². The maximum Gasteiger partial charge on any atom is 0.387 e. The molecule has 21 heavy (non-hydrogen) atoms. The number of benzene rings is 1. The van der Waals surface area contributed by atoms with Gasteiger partial charge in [-0.25, -0.2) is 0 Å². The van der Waals surface area contributed by atoms with Crippen LogP contribution in [0.5, 0.6) is 5.75 Å². The van der Waals surface area contributed by atoms with E-state index < -0.39 is 6.61 Å². The van der Waals surface area contributed by atoms with Crippen LogP contribution in [0.1, 0.15) is 37.7 Å². The SMILES string of the molecule is O=C(NCCc1ccc(OC(F)F)cc1)C1CCCCC1. The number of amides is 1. The maximum atomic E-state index is 12.0. The molecule has 1 amide bonds. The second-order valence-corrected chi connectivity index (χ2v) is 5.40. The molecule has 3 nitrogen and oxygen atoms in total. The number of hydrogen-bond donors (Lipinski definition) is 1. The quantitative estimate of drug-likeness (QED) is 0.872. The van der Waals surface area contributed by atoms with Gasteiger partial charge in [-0.1, -0.05) is 31.4 Å². The summed E-state index contributed by atoms with van der Waals surface area (Å²) in [5, 5.41) is 2.96. The molecular formula is C16H21F2NO2. The zero-order valence-corrected chi connectivity index (χ0v) is 12.0. The highest BCUT2D eigenvalue weighted by Gasteiger charge is 2.20. The number of ether oxygens (including phenoxy) is 1. The Morgan fingerprint density at radius 3 is 2.48 bits per heavy atom. The average Bonchev–Trinajstić information content (AvgIpc) is 2.49. The van der Waals surface area contributed by atoms with Crippen molar-refractivity contribution in [3.63, 3.8) is 0 Å². The van der Waals surface area contributed by atoms with Crippen LogP contribution in [-0.2, 0) is 11.2 Å². The van der Waals surface area contributed by atoms with Gasteiger partial charge >= 0.3 is 6.61 Å². The minimum atomic E-state index is -2.80. The predicted molar refractivity (Wildman–Crippen MR) is 76.4 cm³/mol. The van der Waals surface area contributed by atoms with Crippen LogP contribution in [0.3, 0.4) is 0 Å². The maximum absolute atomic E-state index is 12.0. The fraction of sp³-hybridized carbons (Fsp3) is 0.562. The lowest BCUT2D eigenvalue weighted by atomic mass is 9.88. The number of hydrogen-bond acceptors (Lipinski definition) is 2. The van der Waals surface area contributed by atoms with Crippen LogP contribution in [0, 0.1) is 5.92 Å². The minimum Gasteiger partial charge on any atom is -0.435 e. The zero-order chi connectivity index (χ0) is 15.1. The second kappa shape index (κ2) is 7.96. The van der Waals surface area contributed by atoms with E-state index in [1.54, 1.807) is 12.1 Å². The Morgan fingerprint density at radius 1 is 1.19 bits per heavy atom. The van der Waals surface area contributed by atoms with Crippen LogP contribution >= 0.6 is 0 Å². The summed E-state index contributed by atoms with van der Waals surface area (Å²) in [6, 6.07) is 6.52. The van der Waals surface area contributed by atoms with Gasteiger partial charge in [0.25, 0.3) is 0 Å². The Hall–Kier alpha value is -1.65. The van der Waals surface area contributed by atoms with E-state index in [4.69, 9.17) is 0 Å². The first-order valence-electron chi connectivity index (χ1n) is 7.46. The highest BCUT2D eigenvalue weighted by atomic mass is 19.3. The predicted octanol–water partition coefficient (Wildman–Crippen LogP) is 3.53. The van der Waals surface area contributed by atoms with Crippen molar-refractivity contribution in [1.29, 1.82) is 0 Å². The van der Waals surface area contributed by atoms with E-state index in [0.29, 0.717) is 13.0 Å². The number of nitrogens with one attached hydrogen (secondary N) is 1. The molecule has 2 rings (SSSR count). The molecule has 1 aromatic carbocycles. The molecule has 1 aliphatic carbocycles. The summed E-state index contributed by atoms with van der Waals surface area (Å²) in [7, 11) is 0. The van der Waals surface area contributed by atoms with Crippen molar-refractivity contribution in [3.8, 4) is 5.75 Å². The van der Waals surface area contributed by atoms with Gasteiger partial charge in [-0.05, 0) is 37.0 Å². The summed E-state index contributed by atoms with van der Waals surface area (Å²) in [6.45, 7) is -2.23. The lowest BCUT2D eigenvalue weighted by Crippen LogP contribution is -2.33. The molecule has 0 aromatic heterocycles. The monoisotopic (exact) mass is 297 g/mol. The Kier molecular flexibility index (Phi) is 5.96. The van der Waals surface area contributed by atoms with Crippen LogP contribution < -0.4 is 10.1 Å². The van der Waals surface area contributed by atoms with Gasteiger partial charge in [0.15, 0.2) is 0 Å². The zero-order valence-electron chi connectivity index (χ0n) is 12.0. The van der Waals surface area contributed by atoms with E-state index in [1.165, 1.54) is 18.6 Å². The number of alkyl halides is 2. The van der Waals surface area contributed by atoms with Crippen LogP contribution in [0.2, 0.25) is 0 Å².